The number of nitrogens with one attached hydrogen (secondary N) is 2. The molecule has 2 aromatic heterocycles. The van der Waals surface area contributed by atoms with Gasteiger partial charge < -0.3 is 15.2 Å². The van der Waals surface area contributed by atoms with Crippen LogP contribution >= 0.6 is 11.6 Å². The highest BCUT2D eigenvalue weighted by Crippen LogP contribution is 2.33. The topological polar surface area (TPSA) is 44.0 Å². The molecule has 1 aliphatic heterocycles. The van der Waals surface area contributed by atoms with Gasteiger partial charge in [-0.25, -0.2) is 4.98 Å². The molecule has 0 radical (unpaired) electrons. The van der Waals surface area contributed by atoms with E-state index in [1.165, 1.54) is 0 Å². The van der Waals surface area contributed by atoms with Gasteiger partial charge in [-0.2, -0.15) is 4.39 Å². The normalized spacial score (nSPS) is 13.7. The number of hydrogen-bond donors (Lipinski definition) is 2. The Morgan fingerprint density at radius 3 is 2.81 bits per heavy atom. The van der Waals surface area contributed by atoms with E-state index in [0.717, 1.165) is 47.4 Å². The van der Waals surface area contributed by atoms with Crippen LogP contribution in [0.4, 0.5) is 10.1 Å². The van der Waals surface area contributed by atoms with Gasteiger partial charge in [-0.1, -0.05) is 18.2 Å². The van der Waals surface area contributed by atoms with Gasteiger partial charge in [0.15, 0.2) is 0 Å². The number of halogens is 2. The van der Waals surface area contributed by atoms with Crippen molar-refractivity contribution in [1.29, 1.82) is 0 Å². The first-order valence-corrected chi connectivity index (χ1v) is 9.01. The number of hydrogen-bond acceptors (Lipinski definition) is 3. The van der Waals surface area contributed by atoms with E-state index in [0.29, 0.717) is 22.9 Å². The number of benzene rings is 1. The van der Waals surface area contributed by atoms with Crippen molar-refractivity contribution in [2.24, 2.45) is 0 Å². The van der Waals surface area contributed by atoms with Crippen LogP contribution in [-0.2, 0) is 6.54 Å². The van der Waals surface area contributed by atoms with Gasteiger partial charge in [0.25, 0.3) is 0 Å². The molecule has 1 aliphatic rings. The van der Waals surface area contributed by atoms with Gasteiger partial charge in [-0.15, -0.1) is 0 Å². The van der Waals surface area contributed by atoms with E-state index in [1.807, 2.05) is 36.1 Å². The lowest BCUT2D eigenvalue weighted by molar-refractivity contribution is 0.549. The van der Waals surface area contributed by atoms with Gasteiger partial charge in [0.1, 0.15) is 0 Å². The Morgan fingerprint density at radius 1 is 1.35 bits per heavy atom. The fraction of sp³-hybridized carbons (Fsp3) is 0.250. The van der Waals surface area contributed by atoms with Gasteiger partial charge in [0, 0.05) is 40.9 Å². The summed E-state index contributed by atoms with van der Waals surface area (Å²) in [7, 11) is 0. The second kappa shape index (κ2) is 6.65. The van der Waals surface area contributed by atoms with Crippen molar-refractivity contribution in [3.63, 3.8) is 0 Å². The predicted octanol–water partition coefficient (Wildman–Crippen LogP) is 4.86. The molecule has 0 amide bonds. The smallest absolute Gasteiger partial charge is 0.237 e. The summed E-state index contributed by atoms with van der Waals surface area (Å²) >= 11 is 6.45. The molecule has 0 bridgehead atoms. The molecule has 6 heteroatoms. The molecule has 0 spiro atoms. The summed E-state index contributed by atoms with van der Waals surface area (Å²) in [5.41, 5.74) is 4.69. The molecule has 134 valence electrons. The lowest BCUT2D eigenvalue weighted by Crippen LogP contribution is -2.37. The molecule has 0 saturated carbocycles. The summed E-state index contributed by atoms with van der Waals surface area (Å²) in [6, 6.07) is 9.47. The Kier molecular flexibility index (Phi) is 4.32. The third-order valence-electron chi connectivity index (χ3n) is 4.65. The Bertz CT molecular complexity index is 991. The van der Waals surface area contributed by atoms with Crippen LogP contribution in [0.25, 0.3) is 22.2 Å². The monoisotopic (exact) mass is 370 g/mol. The van der Waals surface area contributed by atoms with E-state index in [9.17, 15) is 4.39 Å². The molecule has 2 N–H and O–H groups in total. The van der Waals surface area contributed by atoms with Gasteiger partial charge in [0.05, 0.1) is 22.9 Å². The van der Waals surface area contributed by atoms with Crippen LogP contribution in [0, 0.1) is 5.95 Å². The van der Waals surface area contributed by atoms with E-state index in [2.05, 4.69) is 21.9 Å². The third-order valence-corrected chi connectivity index (χ3v) is 4.96. The summed E-state index contributed by atoms with van der Waals surface area (Å²) in [6.45, 7) is 8.18. The molecule has 4 nitrogen and oxygen atoms in total. The molecule has 1 saturated heterocycles. The van der Waals surface area contributed by atoms with E-state index >= 15 is 0 Å². The SMILES string of the molecule is C=C(C)NCc1cc2cc(Cl)c(-c3ccc(N4CCC4)c(F)n3)cc2[nH]1. The van der Waals surface area contributed by atoms with Crippen molar-refractivity contribution >= 4 is 28.2 Å². The van der Waals surface area contributed by atoms with E-state index < -0.39 is 5.95 Å². The third kappa shape index (κ3) is 3.15. The summed E-state index contributed by atoms with van der Waals surface area (Å²) in [5, 5.41) is 4.76. The molecule has 1 fully saturated rings. The number of aromatic nitrogens is 2. The van der Waals surface area contributed by atoms with Gasteiger partial charge >= 0.3 is 0 Å². The predicted molar refractivity (Wildman–Crippen MR) is 105 cm³/mol. The highest BCUT2D eigenvalue weighted by molar-refractivity contribution is 6.34. The highest BCUT2D eigenvalue weighted by atomic mass is 35.5. The molecule has 0 unspecified atom stereocenters. The second-order valence-corrected chi connectivity index (χ2v) is 7.10. The first-order chi connectivity index (χ1) is 12.5. The fourth-order valence-corrected chi connectivity index (χ4v) is 3.39. The Balaban J connectivity index is 1.68. The molecule has 0 aliphatic carbocycles. The van der Waals surface area contributed by atoms with Gasteiger partial charge in [-0.05, 0) is 43.7 Å². The van der Waals surface area contributed by atoms with Crippen LogP contribution in [0.5, 0.6) is 0 Å². The maximum atomic E-state index is 14.4. The van der Waals surface area contributed by atoms with Crippen LogP contribution in [0.15, 0.2) is 42.6 Å². The fourth-order valence-electron chi connectivity index (χ4n) is 3.12. The maximum absolute atomic E-state index is 14.4. The number of nitrogens with zero attached hydrogens (tertiary/aromatic N) is 2. The van der Waals surface area contributed by atoms with Crippen molar-refractivity contribution in [2.45, 2.75) is 19.9 Å². The molecule has 0 atom stereocenters. The first kappa shape index (κ1) is 16.9. The maximum Gasteiger partial charge on any atom is 0.237 e. The number of H-pyrrole nitrogens is 1. The van der Waals surface area contributed by atoms with Crippen molar-refractivity contribution in [3.05, 3.63) is 59.3 Å². The molecule has 1 aromatic carbocycles. The van der Waals surface area contributed by atoms with E-state index in [4.69, 9.17) is 11.6 Å². The van der Waals surface area contributed by atoms with Gasteiger partial charge in [0.2, 0.25) is 5.95 Å². The summed E-state index contributed by atoms with van der Waals surface area (Å²) in [4.78, 5) is 9.50. The molecular formula is C20H20ClFN4. The minimum absolute atomic E-state index is 0.448. The number of anilines is 1. The zero-order valence-corrected chi connectivity index (χ0v) is 15.3. The minimum Gasteiger partial charge on any atom is -0.383 e. The quantitative estimate of drug-likeness (QED) is 0.630. The number of allylic oxidation sites excluding steroid dienone is 1. The average molecular weight is 371 g/mol. The second-order valence-electron chi connectivity index (χ2n) is 6.69. The number of fused-ring (bicyclic) bond motifs is 1. The van der Waals surface area contributed by atoms with Crippen molar-refractivity contribution in [3.8, 4) is 11.3 Å². The van der Waals surface area contributed by atoms with Crippen LogP contribution < -0.4 is 10.2 Å². The van der Waals surface area contributed by atoms with Crippen molar-refractivity contribution < 1.29 is 4.39 Å². The van der Waals surface area contributed by atoms with E-state index in [-0.39, 0.29) is 0 Å². The number of aromatic amines is 1. The molecule has 3 heterocycles. The summed E-state index contributed by atoms with van der Waals surface area (Å²) in [6.07, 6.45) is 1.10. The Hall–Kier alpha value is -2.53. The van der Waals surface area contributed by atoms with Crippen LogP contribution in [0.2, 0.25) is 5.02 Å². The molecular weight excluding hydrogens is 351 g/mol. The van der Waals surface area contributed by atoms with Crippen molar-refractivity contribution in [1.82, 2.24) is 15.3 Å². The molecule has 4 rings (SSSR count). The average Bonchev–Trinajstić information content (AvgIpc) is 2.94. The number of rotatable bonds is 5. The van der Waals surface area contributed by atoms with Gasteiger partial charge in [-0.3, -0.25) is 0 Å². The van der Waals surface area contributed by atoms with E-state index in [1.54, 1.807) is 6.07 Å². The zero-order valence-electron chi connectivity index (χ0n) is 14.6. The Labute approximate surface area is 156 Å². The summed E-state index contributed by atoms with van der Waals surface area (Å²) in [5.74, 6) is -0.448. The van der Waals surface area contributed by atoms with Crippen LogP contribution in [0.3, 0.4) is 0 Å². The molecule has 3 aromatic rings. The summed E-state index contributed by atoms with van der Waals surface area (Å²) < 4.78 is 14.4. The van der Waals surface area contributed by atoms with Crippen LogP contribution in [-0.4, -0.2) is 23.1 Å². The highest BCUT2D eigenvalue weighted by Gasteiger charge is 2.20. The Morgan fingerprint density at radius 2 is 2.15 bits per heavy atom. The lowest BCUT2D eigenvalue weighted by Gasteiger charge is -2.33. The number of pyridine rings is 1. The lowest BCUT2D eigenvalue weighted by atomic mass is 10.1. The zero-order chi connectivity index (χ0) is 18.3. The minimum atomic E-state index is -0.448. The molecule has 26 heavy (non-hydrogen) atoms. The standard InChI is InChI=1S/C20H20ClFN4/c1-12(2)23-11-14-8-13-9-16(21)15(10-18(13)24-14)17-4-5-19(20(22)25-17)26-6-3-7-26/h4-5,8-10,23-24H,1,3,6-7,11H2,2H3. The largest absolute Gasteiger partial charge is 0.383 e. The first-order valence-electron chi connectivity index (χ1n) is 8.63. The van der Waals surface area contributed by atoms with Crippen LogP contribution in [0.1, 0.15) is 19.0 Å². The van der Waals surface area contributed by atoms with Crippen molar-refractivity contribution in [2.75, 3.05) is 18.0 Å².